The summed E-state index contributed by atoms with van der Waals surface area (Å²) in [5.74, 6) is -0.0403. The molecule has 0 saturated carbocycles. The molecule has 0 bridgehead atoms. The van der Waals surface area contributed by atoms with Crippen molar-refractivity contribution in [1.29, 1.82) is 5.26 Å². The smallest absolute Gasteiger partial charge is 0.246 e. The van der Waals surface area contributed by atoms with Crippen molar-refractivity contribution < 1.29 is 4.79 Å². The summed E-state index contributed by atoms with van der Waals surface area (Å²) in [4.78, 5) is 13.6. The van der Waals surface area contributed by atoms with Crippen LogP contribution in [0, 0.1) is 11.3 Å². The third kappa shape index (κ3) is 4.41. The molecule has 1 heterocycles. The van der Waals surface area contributed by atoms with Crippen LogP contribution in [0.15, 0.2) is 22.9 Å². The normalized spacial score (nSPS) is 10.7. The van der Waals surface area contributed by atoms with Gasteiger partial charge in [-0.05, 0) is 42.3 Å². The predicted octanol–water partition coefficient (Wildman–Crippen LogP) is 2.91. The van der Waals surface area contributed by atoms with Gasteiger partial charge in [-0.15, -0.1) is 0 Å². The van der Waals surface area contributed by atoms with E-state index in [1.54, 1.807) is 28.4 Å². The van der Waals surface area contributed by atoms with Crippen molar-refractivity contribution in [3.8, 4) is 6.07 Å². The lowest BCUT2D eigenvalue weighted by Gasteiger charge is -2.24. The molecule has 1 aromatic heterocycles. The number of nitrogens with zero attached hydrogens (tertiary/aromatic N) is 2. The highest BCUT2D eigenvalue weighted by molar-refractivity contribution is 7.08. The molecule has 0 aliphatic carbocycles. The quantitative estimate of drug-likeness (QED) is 0.752. The maximum absolute atomic E-state index is 11.9. The molecule has 17 heavy (non-hydrogen) atoms. The Morgan fingerprint density at radius 1 is 1.65 bits per heavy atom. The summed E-state index contributed by atoms with van der Waals surface area (Å²) >= 11 is 1.60. The third-order valence-electron chi connectivity index (χ3n) is 2.33. The van der Waals surface area contributed by atoms with Gasteiger partial charge in [0.2, 0.25) is 5.91 Å². The van der Waals surface area contributed by atoms with Crippen LogP contribution < -0.4 is 0 Å². The topological polar surface area (TPSA) is 44.1 Å². The number of nitriles is 1. The monoisotopic (exact) mass is 248 g/mol. The molecule has 0 N–H and O–H groups in total. The Labute approximate surface area is 106 Å². The molecule has 0 aromatic carbocycles. The summed E-state index contributed by atoms with van der Waals surface area (Å²) in [5, 5.41) is 12.5. The minimum atomic E-state index is -0.0403. The molecule has 0 unspecified atom stereocenters. The van der Waals surface area contributed by atoms with Crippen molar-refractivity contribution in [2.24, 2.45) is 0 Å². The fraction of sp³-hybridized carbons (Fsp3) is 0.385. The van der Waals surface area contributed by atoms with Crippen LogP contribution >= 0.6 is 11.3 Å². The first-order chi connectivity index (χ1) is 8.15. The number of rotatable bonds is 5. The van der Waals surface area contributed by atoms with Gasteiger partial charge in [0.15, 0.2) is 0 Å². The van der Waals surface area contributed by atoms with E-state index in [0.29, 0.717) is 13.0 Å². The maximum atomic E-state index is 11.9. The molecule has 1 rings (SSSR count). The van der Waals surface area contributed by atoms with Gasteiger partial charge in [0, 0.05) is 18.7 Å². The van der Waals surface area contributed by atoms with E-state index in [-0.39, 0.29) is 11.9 Å². The summed E-state index contributed by atoms with van der Waals surface area (Å²) in [7, 11) is 0. The van der Waals surface area contributed by atoms with E-state index in [9.17, 15) is 4.79 Å². The van der Waals surface area contributed by atoms with E-state index in [2.05, 4.69) is 6.07 Å². The molecule has 90 valence electrons. The summed E-state index contributed by atoms with van der Waals surface area (Å²) in [5.41, 5.74) is 1.03. The Hall–Kier alpha value is -1.60. The van der Waals surface area contributed by atoms with Crippen LogP contribution in [0.5, 0.6) is 0 Å². The Kier molecular flexibility index (Phi) is 5.44. The number of amides is 1. The van der Waals surface area contributed by atoms with Crippen LogP contribution in [0.3, 0.4) is 0 Å². The Morgan fingerprint density at radius 3 is 2.94 bits per heavy atom. The van der Waals surface area contributed by atoms with E-state index >= 15 is 0 Å². The van der Waals surface area contributed by atoms with Crippen molar-refractivity contribution >= 4 is 23.3 Å². The van der Waals surface area contributed by atoms with Gasteiger partial charge in [-0.25, -0.2) is 0 Å². The molecule has 1 amide bonds. The molecular weight excluding hydrogens is 232 g/mol. The Morgan fingerprint density at radius 2 is 2.41 bits per heavy atom. The summed E-state index contributed by atoms with van der Waals surface area (Å²) in [6, 6.07) is 4.14. The largest absolute Gasteiger partial charge is 0.336 e. The predicted molar refractivity (Wildman–Crippen MR) is 70.4 cm³/mol. The maximum Gasteiger partial charge on any atom is 0.246 e. The van der Waals surface area contributed by atoms with Crippen molar-refractivity contribution in [2.75, 3.05) is 6.54 Å². The van der Waals surface area contributed by atoms with Crippen LogP contribution in [0.1, 0.15) is 25.8 Å². The molecule has 0 fully saturated rings. The summed E-state index contributed by atoms with van der Waals surface area (Å²) < 4.78 is 0. The molecule has 3 nitrogen and oxygen atoms in total. The lowest BCUT2D eigenvalue weighted by atomic mass is 10.2. The number of thiophene rings is 1. The highest BCUT2D eigenvalue weighted by atomic mass is 32.1. The summed E-state index contributed by atoms with van der Waals surface area (Å²) in [6.45, 7) is 4.39. The van der Waals surface area contributed by atoms with Gasteiger partial charge in [-0.2, -0.15) is 16.6 Å². The zero-order chi connectivity index (χ0) is 12.7. The van der Waals surface area contributed by atoms with Crippen molar-refractivity contribution in [1.82, 2.24) is 4.90 Å². The fourth-order valence-corrected chi connectivity index (χ4v) is 2.05. The highest BCUT2D eigenvalue weighted by Gasteiger charge is 2.13. The average molecular weight is 248 g/mol. The van der Waals surface area contributed by atoms with Gasteiger partial charge in [-0.3, -0.25) is 4.79 Å². The number of carbonyl (C=O) groups is 1. The van der Waals surface area contributed by atoms with Gasteiger partial charge >= 0.3 is 0 Å². The Bertz CT molecular complexity index is 415. The molecule has 0 aliphatic rings. The zero-order valence-corrected chi connectivity index (χ0v) is 10.9. The number of carbonyl (C=O) groups excluding carboxylic acids is 1. The second-order valence-electron chi connectivity index (χ2n) is 3.92. The van der Waals surface area contributed by atoms with Gasteiger partial charge in [0.25, 0.3) is 0 Å². The molecule has 0 saturated heterocycles. The SMILES string of the molecule is CC(C)N(CCC#N)C(=O)/C=C/c1ccsc1. The lowest BCUT2D eigenvalue weighted by Crippen LogP contribution is -2.36. The first-order valence-electron chi connectivity index (χ1n) is 5.53. The third-order valence-corrected chi connectivity index (χ3v) is 3.03. The van der Waals surface area contributed by atoms with Crippen LogP contribution in [0.4, 0.5) is 0 Å². The first kappa shape index (κ1) is 13.5. The summed E-state index contributed by atoms with van der Waals surface area (Å²) in [6.07, 6.45) is 3.75. The second kappa shape index (κ2) is 6.87. The van der Waals surface area contributed by atoms with Crippen molar-refractivity contribution in [3.05, 3.63) is 28.5 Å². The highest BCUT2D eigenvalue weighted by Crippen LogP contribution is 2.09. The molecule has 4 heteroatoms. The Balaban J connectivity index is 2.62. The van der Waals surface area contributed by atoms with Crippen LogP contribution in [0.25, 0.3) is 6.08 Å². The van der Waals surface area contributed by atoms with Crippen LogP contribution in [-0.4, -0.2) is 23.4 Å². The number of hydrogen-bond donors (Lipinski definition) is 0. The van der Waals surface area contributed by atoms with E-state index in [4.69, 9.17) is 5.26 Å². The van der Waals surface area contributed by atoms with E-state index in [1.807, 2.05) is 30.7 Å². The van der Waals surface area contributed by atoms with E-state index in [1.165, 1.54) is 0 Å². The first-order valence-corrected chi connectivity index (χ1v) is 6.47. The molecular formula is C13H16N2OS. The van der Waals surface area contributed by atoms with Gasteiger partial charge in [0.1, 0.15) is 0 Å². The van der Waals surface area contributed by atoms with E-state index in [0.717, 1.165) is 5.56 Å². The van der Waals surface area contributed by atoms with Gasteiger partial charge < -0.3 is 4.90 Å². The lowest BCUT2D eigenvalue weighted by molar-refractivity contribution is -0.127. The number of hydrogen-bond acceptors (Lipinski definition) is 3. The van der Waals surface area contributed by atoms with Gasteiger partial charge in [0.05, 0.1) is 12.5 Å². The minimum absolute atomic E-state index is 0.0403. The fourth-order valence-electron chi connectivity index (χ4n) is 1.43. The molecule has 0 aliphatic heterocycles. The van der Waals surface area contributed by atoms with E-state index < -0.39 is 0 Å². The molecule has 0 atom stereocenters. The van der Waals surface area contributed by atoms with Crippen molar-refractivity contribution in [2.45, 2.75) is 26.3 Å². The van der Waals surface area contributed by atoms with Crippen LogP contribution in [-0.2, 0) is 4.79 Å². The molecule has 0 spiro atoms. The zero-order valence-electron chi connectivity index (χ0n) is 10.1. The standard InChI is InChI=1S/C13H16N2OS/c1-11(2)15(8-3-7-14)13(16)5-4-12-6-9-17-10-12/h4-6,9-11H,3,8H2,1-2H3/b5-4+. The molecule has 0 radical (unpaired) electrons. The van der Waals surface area contributed by atoms with Crippen LogP contribution in [0.2, 0.25) is 0 Å². The van der Waals surface area contributed by atoms with Crippen molar-refractivity contribution in [3.63, 3.8) is 0 Å². The minimum Gasteiger partial charge on any atom is -0.336 e. The molecule has 1 aromatic rings. The van der Waals surface area contributed by atoms with Gasteiger partial charge in [-0.1, -0.05) is 0 Å². The second-order valence-corrected chi connectivity index (χ2v) is 4.70. The average Bonchev–Trinajstić information content (AvgIpc) is 2.79.